The van der Waals surface area contributed by atoms with Crippen molar-refractivity contribution in [1.29, 1.82) is 0 Å². The number of rotatable bonds is 1. The van der Waals surface area contributed by atoms with Crippen molar-refractivity contribution >= 4 is 11.6 Å². The maximum absolute atomic E-state index is 12.2. The van der Waals surface area contributed by atoms with Gasteiger partial charge in [-0.2, -0.15) is 0 Å². The van der Waals surface area contributed by atoms with Gasteiger partial charge in [-0.05, 0) is 55.7 Å². The van der Waals surface area contributed by atoms with Gasteiger partial charge in [0, 0.05) is 5.92 Å². The molecule has 3 aliphatic carbocycles. The molecule has 0 amide bonds. The third kappa shape index (κ3) is 1.80. The average Bonchev–Trinajstić information content (AvgIpc) is 2.35. The summed E-state index contributed by atoms with van der Waals surface area (Å²) in [4.78, 5) is 24.1. The Balaban J connectivity index is 1.98. The van der Waals surface area contributed by atoms with Gasteiger partial charge in [-0.25, -0.2) is 0 Å². The monoisotopic (exact) mass is 230 g/mol. The maximum atomic E-state index is 12.2. The minimum Gasteiger partial charge on any atom is -0.298 e. The first-order valence-electron chi connectivity index (χ1n) is 6.76. The standard InChI is InChI=1S/C15H18O2/c16-14-9-13(10-5-2-1-3-6-10)11-7-4-8-12(14)15(11)17/h5,9,11-12H,1-4,6-8H2/t11-,12+/m0/s1. The highest BCUT2D eigenvalue weighted by Crippen LogP contribution is 2.40. The second kappa shape index (κ2) is 4.25. The minimum atomic E-state index is -0.304. The highest BCUT2D eigenvalue weighted by Gasteiger charge is 2.41. The van der Waals surface area contributed by atoms with Crippen LogP contribution in [0.5, 0.6) is 0 Å². The van der Waals surface area contributed by atoms with E-state index in [1.807, 2.05) is 0 Å². The lowest BCUT2D eigenvalue weighted by atomic mass is 9.68. The molecule has 0 aromatic carbocycles. The second-order valence-electron chi connectivity index (χ2n) is 5.42. The number of carbonyl (C=O) groups excluding carboxylic acids is 2. The fourth-order valence-electron chi connectivity index (χ4n) is 3.42. The molecule has 2 atom stereocenters. The molecule has 2 heteroatoms. The molecule has 1 saturated carbocycles. The smallest absolute Gasteiger partial charge is 0.166 e. The number of Topliss-reactive ketones (excluding diaryl/α,β-unsaturated/α-hetero) is 1. The number of allylic oxidation sites excluding steroid dienone is 4. The zero-order valence-corrected chi connectivity index (χ0v) is 10.1. The SMILES string of the molecule is O=C1C=C(C2=CCCCC2)[C@@H]2CCC[C@H]1C2=O. The second-order valence-corrected chi connectivity index (χ2v) is 5.42. The summed E-state index contributed by atoms with van der Waals surface area (Å²) in [5.41, 5.74) is 2.35. The molecule has 90 valence electrons. The van der Waals surface area contributed by atoms with Gasteiger partial charge in [-0.1, -0.05) is 12.5 Å². The lowest BCUT2D eigenvalue weighted by Crippen LogP contribution is -2.38. The van der Waals surface area contributed by atoms with Crippen LogP contribution in [0.3, 0.4) is 0 Å². The first kappa shape index (κ1) is 10.9. The van der Waals surface area contributed by atoms with Crippen LogP contribution in [0.1, 0.15) is 44.9 Å². The number of hydrogen-bond donors (Lipinski definition) is 0. The van der Waals surface area contributed by atoms with Crippen molar-refractivity contribution in [2.45, 2.75) is 44.9 Å². The van der Waals surface area contributed by atoms with E-state index in [0.717, 1.165) is 37.7 Å². The Morgan fingerprint density at radius 2 is 1.82 bits per heavy atom. The molecule has 0 heterocycles. The molecular weight excluding hydrogens is 212 g/mol. The molecule has 0 aromatic heterocycles. The van der Waals surface area contributed by atoms with Crippen LogP contribution in [0.25, 0.3) is 0 Å². The molecule has 0 spiro atoms. The Bertz CT molecular complexity index is 428. The Hall–Kier alpha value is -1.18. The van der Waals surface area contributed by atoms with Crippen molar-refractivity contribution < 1.29 is 9.59 Å². The first-order valence-corrected chi connectivity index (χ1v) is 6.76. The van der Waals surface area contributed by atoms with Crippen LogP contribution in [0.15, 0.2) is 23.3 Å². The van der Waals surface area contributed by atoms with Gasteiger partial charge in [0.25, 0.3) is 0 Å². The van der Waals surface area contributed by atoms with E-state index in [0.29, 0.717) is 0 Å². The number of carbonyl (C=O) groups is 2. The molecule has 3 rings (SSSR count). The summed E-state index contributed by atoms with van der Waals surface area (Å²) in [6, 6.07) is 0. The van der Waals surface area contributed by atoms with Crippen LogP contribution < -0.4 is 0 Å². The Kier molecular flexibility index (Phi) is 2.73. The van der Waals surface area contributed by atoms with Crippen molar-refractivity contribution in [3.63, 3.8) is 0 Å². The molecule has 2 nitrogen and oxygen atoms in total. The summed E-state index contributed by atoms with van der Waals surface area (Å²) in [5, 5.41) is 0. The summed E-state index contributed by atoms with van der Waals surface area (Å²) < 4.78 is 0. The third-order valence-electron chi connectivity index (χ3n) is 4.35. The van der Waals surface area contributed by atoms with Crippen LogP contribution in [-0.2, 0) is 9.59 Å². The fraction of sp³-hybridized carbons (Fsp3) is 0.600. The van der Waals surface area contributed by atoms with Gasteiger partial charge in [0.1, 0.15) is 0 Å². The summed E-state index contributed by atoms with van der Waals surface area (Å²) in [6.45, 7) is 0. The predicted molar refractivity (Wildman–Crippen MR) is 65.5 cm³/mol. The molecule has 3 aliphatic rings. The summed E-state index contributed by atoms with van der Waals surface area (Å²) in [6.07, 6.45) is 11.4. The molecule has 0 aliphatic heterocycles. The topological polar surface area (TPSA) is 34.1 Å². The van der Waals surface area contributed by atoms with Crippen molar-refractivity contribution in [2.24, 2.45) is 11.8 Å². The first-order chi connectivity index (χ1) is 8.27. The zero-order chi connectivity index (χ0) is 11.8. The Morgan fingerprint density at radius 1 is 1.00 bits per heavy atom. The Labute approximate surface area is 102 Å². The molecule has 0 radical (unpaired) electrons. The van der Waals surface area contributed by atoms with E-state index < -0.39 is 0 Å². The lowest BCUT2D eigenvalue weighted by Gasteiger charge is -2.34. The van der Waals surface area contributed by atoms with Gasteiger partial charge < -0.3 is 0 Å². The molecule has 0 aromatic rings. The minimum absolute atomic E-state index is 0.0378. The van der Waals surface area contributed by atoms with Crippen molar-refractivity contribution in [3.8, 4) is 0 Å². The quantitative estimate of drug-likeness (QED) is 0.649. The zero-order valence-electron chi connectivity index (χ0n) is 10.1. The van der Waals surface area contributed by atoms with Crippen molar-refractivity contribution in [2.75, 3.05) is 0 Å². The number of fused-ring (bicyclic) bond motifs is 2. The normalized spacial score (nSPS) is 33.2. The van der Waals surface area contributed by atoms with Gasteiger partial charge >= 0.3 is 0 Å². The van der Waals surface area contributed by atoms with E-state index in [1.54, 1.807) is 6.08 Å². The van der Waals surface area contributed by atoms with Gasteiger partial charge in [0.2, 0.25) is 0 Å². The largest absolute Gasteiger partial charge is 0.298 e. The van der Waals surface area contributed by atoms with Crippen molar-refractivity contribution in [3.05, 3.63) is 23.3 Å². The number of ketones is 2. The highest BCUT2D eigenvalue weighted by atomic mass is 16.2. The highest BCUT2D eigenvalue weighted by molar-refractivity contribution is 6.13. The molecule has 2 bridgehead atoms. The fourth-order valence-corrected chi connectivity index (χ4v) is 3.42. The average molecular weight is 230 g/mol. The molecule has 17 heavy (non-hydrogen) atoms. The van der Waals surface area contributed by atoms with E-state index in [2.05, 4.69) is 6.08 Å². The third-order valence-corrected chi connectivity index (χ3v) is 4.35. The van der Waals surface area contributed by atoms with Gasteiger partial charge in [0.05, 0.1) is 5.92 Å². The maximum Gasteiger partial charge on any atom is 0.166 e. The predicted octanol–water partition coefficient (Wildman–Crippen LogP) is 2.98. The van der Waals surface area contributed by atoms with Crippen LogP contribution in [0, 0.1) is 11.8 Å². The van der Waals surface area contributed by atoms with Crippen LogP contribution in [-0.4, -0.2) is 11.6 Å². The molecule has 0 N–H and O–H groups in total. The lowest BCUT2D eigenvalue weighted by molar-refractivity contribution is -0.135. The van der Waals surface area contributed by atoms with Crippen LogP contribution >= 0.6 is 0 Å². The summed E-state index contributed by atoms with van der Waals surface area (Å²) >= 11 is 0. The summed E-state index contributed by atoms with van der Waals surface area (Å²) in [7, 11) is 0. The Morgan fingerprint density at radius 3 is 2.59 bits per heavy atom. The van der Waals surface area contributed by atoms with Gasteiger partial charge in [0.15, 0.2) is 11.6 Å². The van der Waals surface area contributed by atoms with Gasteiger partial charge in [-0.15, -0.1) is 0 Å². The molecule has 1 fully saturated rings. The van der Waals surface area contributed by atoms with Gasteiger partial charge in [-0.3, -0.25) is 9.59 Å². The van der Waals surface area contributed by atoms with E-state index >= 15 is 0 Å². The number of hydrogen-bond acceptors (Lipinski definition) is 2. The van der Waals surface area contributed by atoms with Crippen LogP contribution in [0.4, 0.5) is 0 Å². The molecule has 0 saturated heterocycles. The van der Waals surface area contributed by atoms with E-state index in [9.17, 15) is 9.59 Å². The molecule has 0 unspecified atom stereocenters. The molecular formula is C15H18O2. The van der Waals surface area contributed by atoms with Crippen molar-refractivity contribution in [1.82, 2.24) is 0 Å². The van der Waals surface area contributed by atoms with E-state index in [4.69, 9.17) is 0 Å². The van der Waals surface area contributed by atoms with E-state index in [-0.39, 0.29) is 23.4 Å². The van der Waals surface area contributed by atoms with E-state index in [1.165, 1.54) is 18.4 Å². The summed E-state index contributed by atoms with van der Waals surface area (Å²) in [5.74, 6) is -0.00450. The van der Waals surface area contributed by atoms with Crippen LogP contribution in [0.2, 0.25) is 0 Å².